The van der Waals surface area contributed by atoms with Crippen LogP contribution in [0.4, 0.5) is 0 Å². The molecule has 98 valence electrons. The Hall–Kier alpha value is -0.410. The third-order valence-corrected chi connectivity index (χ3v) is 4.45. The molecule has 0 bridgehead atoms. The van der Waals surface area contributed by atoms with Gasteiger partial charge in [-0.2, -0.15) is 0 Å². The van der Waals surface area contributed by atoms with Crippen LogP contribution in [-0.2, 0) is 0 Å². The maximum atomic E-state index is 9.02. The van der Waals surface area contributed by atoms with E-state index in [4.69, 9.17) is 5.11 Å². The molecule has 17 heavy (non-hydrogen) atoms. The zero-order valence-corrected chi connectivity index (χ0v) is 11.0. The lowest BCUT2D eigenvalue weighted by Crippen LogP contribution is -2.41. The fraction of sp³-hybridized carbons (Fsp3) is 0.929. The maximum absolute atomic E-state index is 9.02. The molecule has 3 nitrogen and oxygen atoms in total. The van der Waals surface area contributed by atoms with E-state index in [2.05, 4.69) is 16.1 Å². The molecule has 1 aliphatic carbocycles. The van der Waals surface area contributed by atoms with E-state index in [0.29, 0.717) is 12.5 Å². The van der Waals surface area contributed by atoms with E-state index in [1.807, 2.05) is 7.05 Å². The largest absolute Gasteiger partial charge is 0.396 e. The Labute approximate surface area is 105 Å². The summed E-state index contributed by atoms with van der Waals surface area (Å²) in [5.74, 6) is 1.39. The third kappa shape index (κ3) is 3.29. The summed E-state index contributed by atoms with van der Waals surface area (Å²) in [7, 11) is 1.89. The molecule has 3 atom stereocenters. The molecule has 0 aromatic carbocycles. The zero-order valence-electron chi connectivity index (χ0n) is 11.0. The molecule has 2 aliphatic rings. The molecule has 1 saturated carbocycles. The second kappa shape index (κ2) is 6.50. The molecule has 2 rings (SSSR count). The van der Waals surface area contributed by atoms with Crippen LogP contribution in [0.15, 0.2) is 4.99 Å². The molecule has 1 saturated heterocycles. The summed E-state index contributed by atoms with van der Waals surface area (Å²) in [5, 5.41) is 9.02. The highest BCUT2D eigenvalue weighted by molar-refractivity contribution is 5.61. The van der Waals surface area contributed by atoms with Crippen molar-refractivity contribution in [2.45, 2.75) is 44.6 Å². The van der Waals surface area contributed by atoms with Crippen molar-refractivity contribution >= 4 is 6.21 Å². The smallest absolute Gasteiger partial charge is 0.0434 e. The van der Waals surface area contributed by atoms with Gasteiger partial charge in [-0.1, -0.05) is 12.8 Å². The van der Waals surface area contributed by atoms with Crippen LogP contribution in [0, 0.1) is 11.8 Å². The van der Waals surface area contributed by atoms with Gasteiger partial charge in [0.2, 0.25) is 0 Å². The van der Waals surface area contributed by atoms with E-state index in [9.17, 15) is 0 Å². The highest BCUT2D eigenvalue weighted by Gasteiger charge is 2.33. The molecule has 0 radical (unpaired) electrons. The van der Waals surface area contributed by atoms with Crippen molar-refractivity contribution in [3.63, 3.8) is 0 Å². The number of rotatable bonds is 4. The Bertz CT molecular complexity index is 255. The average molecular weight is 238 g/mol. The van der Waals surface area contributed by atoms with E-state index in [1.54, 1.807) is 0 Å². The SMILES string of the molecule is C/N=C/C1CCCC[C@@H]1N1CC[C@@H](CCO)C1. The van der Waals surface area contributed by atoms with Gasteiger partial charge in [-0.15, -0.1) is 0 Å². The second-order valence-electron chi connectivity index (χ2n) is 5.58. The number of aliphatic hydroxyl groups excluding tert-OH is 1. The summed E-state index contributed by atoms with van der Waals surface area (Å²) in [6.07, 6.45) is 9.80. The summed E-state index contributed by atoms with van der Waals surface area (Å²) < 4.78 is 0. The van der Waals surface area contributed by atoms with Crippen molar-refractivity contribution in [1.29, 1.82) is 0 Å². The highest BCUT2D eigenvalue weighted by Crippen LogP contribution is 2.31. The minimum Gasteiger partial charge on any atom is -0.396 e. The van der Waals surface area contributed by atoms with Crippen molar-refractivity contribution in [3.8, 4) is 0 Å². The van der Waals surface area contributed by atoms with Crippen LogP contribution in [0.5, 0.6) is 0 Å². The van der Waals surface area contributed by atoms with Crippen molar-refractivity contribution in [2.75, 3.05) is 26.7 Å². The first-order chi connectivity index (χ1) is 8.35. The van der Waals surface area contributed by atoms with Gasteiger partial charge < -0.3 is 10.1 Å². The van der Waals surface area contributed by atoms with Gasteiger partial charge in [-0.05, 0) is 38.1 Å². The first-order valence-electron chi connectivity index (χ1n) is 7.12. The molecule has 0 aromatic rings. The van der Waals surface area contributed by atoms with Crippen molar-refractivity contribution in [2.24, 2.45) is 16.8 Å². The van der Waals surface area contributed by atoms with Crippen LogP contribution in [0.25, 0.3) is 0 Å². The van der Waals surface area contributed by atoms with E-state index in [0.717, 1.165) is 18.4 Å². The van der Waals surface area contributed by atoms with Crippen molar-refractivity contribution in [1.82, 2.24) is 4.90 Å². The minimum atomic E-state index is 0.350. The molecule has 3 heteroatoms. The number of likely N-dealkylation sites (tertiary alicyclic amines) is 1. The Kier molecular flexibility index (Phi) is 4.99. The van der Waals surface area contributed by atoms with Crippen LogP contribution >= 0.6 is 0 Å². The molecular formula is C14H26N2O. The van der Waals surface area contributed by atoms with Crippen LogP contribution in [-0.4, -0.2) is 49.0 Å². The molecule has 1 unspecified atom stereocenters. The van der Waals surface area contributed by atoms with Gasteiger partial charge in [0.1, 0.15) is 0 Å². The van der Waals surface area contributed by atoms with Gasteiger partial charge in [0, 0.05) is 38.4 Å². The fourth-order valence-electron chi connectivity index (χ4n) is 3.54. The number of aliphatic hydroxyl groups is 1. The van der Waals surface area contributed by atoms with E-state index < -0.39 is 0 Å². The normalized spacial score (nSPS) is 35.8. The molecule has 1 N–H and O–H groups in total. The number of hydrogen-bond donors (Lipinski definition) is 1. The molecular weight excluding hydrogens is 212 g/mol. The lowest BCUT2D eigenvalue weighted by Gasteiger charge is -2.36. The van der Waals surface area contributed by atoms with Gasteiger partial charge in [-0.3, -0.25) is 4.90 Å². The lowest BCUT2D eigenvalue weighted by molar-refractivity contribution is 0.155. The summed E-state index contributed by atoms with van der Waals surface area (Å²) in [6.45, 7) is 2.77. The summed E-state index contributed by atoms with van der Waals surface area (Å²) in [6, 6.07) is 0.719. The van der Waals surface area contributed by atoms with E-state index in [1.165, 1.54) is 45.2 Å². The standard InChI is InChI=1S/C14H26N2O/c1-15-10-13-4-2-3-5-14(13)16-8-6-12(11-16)7-9-17/h10,12-14,17H,2-9,11H2,1H3/b15-10+/t12-,13?,14-/m0/s1. The first-order valence-corrected chi connectivity index (χ1v) is 7.12. The van der Waals surface area contributed by atoms with Gasteiger partial charge in [0.15, 0.2) is 0 Å². The van der Waals surface area contributed by atoms with E-state index in [-0.39, 0.29) is 0 Å². The van der Waals surface area contributed by atoms with Gasteiger partial charge in [0.05, 0.1) is 0 Å². The summed E-state index contributed by atoms with van der Waals surface area (Å²) in [5.41, 5.74) is 0. The molecule has 0 spiro atoms. The molecule has 2 fully saturated rings. The summed E-state index contributed by atoms with van der Waals surface area (Å²) >= 11 is 0. The molecule has 1 heterocycles. The number of nitrogens with zero attached hydrogens (tertiary/aromatic N) is 2. The van der Waals surface area contributed by atoms with Crippen molar-refractivity contribution < 1.29 is 5.11 Å². The Morgan fingerprint density at radius 2 is 2.12 bits per heavy atom. The zero-order chi connectivity index (χ0) is 12.1. The van der Waals surface area contributed by atoms with Crippen LogP contribution in [0.1, 0.15) is 38.5 Å². The van der Waals surface area contributed by atoms with Crippen molar-refractivity contribution in [3.05, 3.63) is 0 Å². The van der Waals surface area contributed by atoms with Crippen LogP contribution < -0.4 is 0 Å². The maximum Gasteiger partial charge on any atom is 0.0434 e. The van der Waals surface area contributed by atoms with Crippen LogP contribution in [0.2, 0.25) is 0 Å². The molecule has 1 aliphatic heterocycles. The Morgan fingerprint density at radius 1 is 1.29 bits per heavy atom. The lowest BCUT2D eigenvalue weighted by atomic mass is 9.84. The highest BCUT2D eigenvalue weighted by atomic mass is 16.3. The van der Waals surface area contributed by atoms with E-state index >= 15 is 0 Å². The first kappa shape index (κ1) is 13.0. The Morgan fingerprint density at radius 3 is 2.88 bits per heavy atom. The Balaban J connectivity index is 1.91. The van der Waals surface area contributed by atoms with Gasteiger partial charge in [0.25, 0.3) is 0 Å². The average Bonchev–Trinajstić information content (AvgIpc) is 2.79. The number of aliphatic imine (C=N–C) groups is 1. The number of hydrogen-bond acceptors (Lipinski definition) is 3. The predicted octanol–water partition coefficient (Wildman–Crippen LogP) is 1.95. The second-order valence-corrected chi connectivity index (χ2v) is 5.58. The van der Waals surface area contributed by atoms with Gasteiger partial charge in [-0.25, -0.2) is 0 Å². The monoisotopic (exact) mass is 238 g/mol. The minimum absolute atomic E-state index is 0.350. The predicted molar refractivity (Wildman–Crippen MR) is 71.5 cm³/mol. The molecule has 0 amide bonds. The third-order valence-electron chi connectivity index (χ3n) is 4.45. The van der Waals surface area contributed by atoms with Gasteiger partial charge >= 0.3 is 0 Å². The molecule has 0 aromatic heterocycles. The van der Waals surface area contributed by atoms with Crippen LogP contribution in [0.3, 0.4) is 0 Å². The summed E-state index contributed by atoms with van der Waals surface area (Å²) in [4.78, 5) is 6.90. The fourth-order valence-corrected chi connectivity index (χ4v) is 3.54. The quantitative estimate of drug-likeness (QED) is 0.760. The topological polar surface area (TPSA) is 35.8 Å².